The normalized spacial score (nSPS) is 23.9. The van der Waals surface area contributed by atoms with Crippen LogP contribution >= 0.6 is 39.1 Å². The number of carbonyl (C=O) groups excluding carboxylic acids is 3. The molecule has 0 unspecified atom stereocenters. The summed E-state index contributed by atoms with van der Waals surface area (Å²) in [6, 6.07) is 27.5. The Morgan fingerprint density at radius 1 is 0.878 bits per heavy atom. The lowest BCUT2D eigenvalue weighted by atomic mass is 9.47. The molecular formula is C32H20BrCl2N3O3. The van der Waals surface area contributed by atoms with Crippen LogP contribution in [0.25, 0.3) is 0 Å². The van der Waals surface area contributed by atoms with Crippen LogP contribution in [0.1, 0.15) is 38.5 Å². The van der Waals surface area contributed by atoms with Crippen LogP contribution < -0.4 is 10.3 Å². The molecule has 3 aliphatic carbocycles. The molecule has 1 aliphatic heterocycles. The molecule has 1 saturated heterocycles. The minimum atomic E-state index is -1.10. The number of hydrogen-bond acceptors (Lipinski definition) is 4. The summed E-state index contributed by atoms with van der Waals surface area (Å²) in [6.07, 6.45) is 1.62. The van der Waals surface area contributed by atoms with Gasteiger partial charge in [-0.05, 0) is 64.7 Å². The Labute approximate surface area is 254 Å². The standard InChI is InChI=1S/C32H20BrCl2N3O3/c33-17-9-12-19(13-10-17)38-30(40)27-26-20-5-1-3-7-23(20)32(28(27)31(38)41,24-8-4-2-6-21(24)26)16-36-37-29(39)22-14-11-18(34)15-25(22)35/h1-16,26-28H,(H,37,39)/b36-16+/t26?,27-,28-,32?/m0/s1. The lowest BCUT2D eigenvalue weighted by Gasteiger charge is -2.52. The highest BCUT2D eigenvalue weighted by atomic mass is 79.9. The number of anilines is 1. The van der Waals surface area contributed by atoms with Crippen molar-refractivity contribution in [3.63, 3.8) is 0 Å². The van der Waals surface area contributed by atoms with Crippen LogP contribution in [0.15, 0.2) is 101 Å². The first-order valence-corrected chi connectivity index (χ1v) is 14.5. The summed E-state index contributed by atoms with van der Waals surface area (Å²) >= 11 is 15.7. The molecule has 6 nitrogen and oxygen atoms in total. The van der Waals surface area contributed by atoms with Crippen molar-refractivity contribution in [2.24, 2.45) is 16.9 Å². The molecule has 3 amide bonds. The molecule has 4 aromatic carbocycles. The van der Waals surface area contributed by atoms with Gasteiger partial charge in [0.05, 0.1) is 33.5 Å². The van der Waals surface area contributed by atoms with Gasteiger partial charge >= 0.3 is 0 Å². The molecule has 0 aromatic heterocycles. The van der Waals surface area contributed by atoms with Crippen molar-refractivity contribution in [2.75, 3.05) is 4.90 Å². The molecule has 1 fully saturated rings. The molecule has 1 N–H and O–H groups in total. The maximum Gasteiger partial charge on any atom is 0.272 e. The van der Waals surface area contributed by atoms with Gasteiger partial charge in [-0.25, -0.2) is 10.3 Å². The van der Waals surface area contributed by atoms with Gasteiger partial charge in [0.15, 0.2) is 0 Å². The average Bonchev–Trinajstić information content (AvgIpc) is 3.24. The zero-order valence-electron chi connectivity index (χ0n) is 21.2. The van der Waals surface area contributed by atoms with Crippen LogP contribution in [0.5, 0.6) is 0 Å². The number of nitrogens with zero attached hydrogens (tertiary/aromatic N) is 2. The Bertz CT molecular complexity index is 1760. The van der Waals surface area contributed by atoms with Gasteiger partial charge in [-0.3, -0.25) is 14.4 Å². The second-order valence-electron chi connectivity index (χ2n) is 10.3. The molecule has 1 heterocycles. The average molecular weight is 645 g/mol. The largest absolute Gasteiger partial charge is 0.274 e. The molecule has 2 bridgehead atoms. The third-order valence-electron chi connectivity index (χ3n) is 8.38. The highest BCUT2D eigenvalue weighted by molar-refractivity contribution is 9.10. The van der Waals surface area contributed by atoms with Crippen LogP contribution in [0.3, 0.4) is 0 Å². The molecule has 0 radical (unpaired) electrons. The van der Waals surface area contributed by atoms with E-state index in [1.807, 2.05) is 60.7 Å². The lowest BCUT2D eigenvalue weighted by molar-refractivity contribution is -0.122. The summed E-state index contributed by atoms with van der Waals surface area (Å²) in [5, 5.41) is 5.03. The number of benzene rings is 4. The van der Waals surface area contributed by atoms with Gasteiger partial charge in [0.1, 0.15) is 0 Å². The van der Waals surface area contributed by atoms with Crippen LogP contribution in [0, 0.1) is 11.8 Å². The third-order valence-corrected chi connectivity index (χ3v) is 9.46. The number of carbonyl (C=O) groups is 3. The first kappa shape index (κ1) is 26.1. The molecule has 202 valence electrons. The second-order valence-corrected chi connectivity index (χ2v) is 12.1. The summed E-state index contributed by atoms with van der Waals surface area (Å²) in [5.41, 5.74) is 5.96. The van der Waals surface area contributed by atoms with E-state index >= 15 is 0 Å². The van der Waals surface area contributed by atoms with Gasteiger partial charge in [-0.2, -0.15) is 5.10 Å². The minimum Gasteiger partial charge on any atom is -0.274 e. The summed E-state index contributed by atoms with van der Waals surface area (Å²) < 4.78 is 0.845. The molecule has 0 spiro atoms. The van der Waals surface area contributed by atoms with E-state index in [4.69, 9.17) is 23.2 Å². The minimum absolute atomic E-state index is 0.194. The number of amides is 3. The molecular weight excluding hydrogens is 625 g/mol. The Morgan fingerprint density at radius 2 is 1.51 bits per heavy atom. The van der Waals surface area contributed by atoms with Gasteiger partial charge < -0.3 is 0 Å². The van der Waals surface area contributed by atoms with Gasteiger partial charge in [-0.1, -0.05) is 87.7 Å². The Hall–Kier alpha value is -3.78. The summed E-state index contributed by atoms with van der Waals surface area (Å²) in [7, 11) is 0. The summed E-state index contributed by atoms with van der Waals surface area (Å²) in [6.45, 7) is 0. The monoisotopic (exact) mass is 643 g/mol. The highest BCUT2D eigenvalue weighted by Gasteiger charge is 2.68. The van der Waals surface area contributed by atoms with Gasteiger partial charge in [0.2, 0.25) is 11.8 Å². The van der Waals surface area contributed by atoms with Crippen LogP contribution in [-0.4, -0.2) is 23.9 Å². The van der Waals surface area contributed by atoms with Gasteiger partial charge in [-0.15, -0.1) is 0 Å². The predicted molar refractivity (Wildman–Crippen MR) is 162 cm³/mol. The van der Waals surface area contributed by atoms with E-state index < -0.39 is 23.2 Å². The molecule has 4 aliphatic rings. The number of halogens is 3. The fourth-order valence-electron chi connectivity index (χ4n) is 6.82. The highest BCUT2D eigenvalue weighted by Crippen LogP contribution is 2.63. The first-order valence-electron chi connectivity index (χ1n) is 12.9. The number of imide groups is 1. The number of hydrazone groups is 1. The maximum atomic E-state index is 14.4. The number of rotatable bonds is 4. The van der Waals surface area contributed by atoms with Crippen LogP contribution in [0.2, 0.25) is 10.0 Å². The van der Waals surface area contributed by atoms with E-state index in [0.717, 1.165) is 26.7 Å². The molecule has 41 heavy (non-hydrogen) atoms. The van der Waals surface area contributed by atoms with Crippen molar-refractivity contribution >= 4 is 68.8 Å². The first-order chi connectivity index (χ1) is 19.8. The zero-order valence-corrected chi connectivity index (χ0v) is 24.3. The van der Waals surface area contributed by atoms with Crippen LogP contribution in [0.4, 0.5) is 5.69 Å². The van der Waals surface area contributed by atoms with Crippen molar-refractivity contribution in [2.45, 2.75) is 11.3 Å². The van der Waals surface area contributed by atoms with Crippen molar-refractivity contribution < 1.29 is 14.4 Å². The summed E-state index contributed by atoms with van der Waals surface area (Å²) in [4.78, 5) is 42.9. The molecule has 0 saturated carbocycles. The Kier molecular flexibility index (Phi) is 6.15. The lowest BCUT2D eigenvalue weighted by Crippen LogP contribution is -2.54. The van der Waals surface area contributed by atoms with Gasteiger partial charge in [0.25, 0.3) is 5.91 Å². The Morgan fingerprint density at radius 3 is 2.15 bits per heavy atom. The second kappa shape index (κ2) is 9.65. The van der Waals surface area contributed by atoms with E-state index in [1.165, 1.54) is 17.0 Å². The predicted octanol–water partition coefficient (Wildman–Crippen LogP) is 6.72. The topological polar surface area (TPSA) is 78.8 Å². The third kappa shape index (κ3) is 3.76. The maximum absolute atomic E-state index is 14.4. The smallest absolute Gasteiger partial charge is 0.272 e. The van der Waals surface area contributed by atoms with Crippen molar-refractivity contribution in [1.29, 1.82) is 0 Å². The number of hydrogen-bond donors (Lipinski definition) is 1. The van der Waals surface area contributed by atoms with E-state index in [-0.39, 0.29) is 28.3 Å². The van der Waals surface area contributed by atoms with Gasteiger partial charge in [0, 0.05) is 21.6 Å². The molecule has 4 aromatic rings. The van der Waals surface area contributed by atoms with E-state index in [0.29, 0.717) is 10.7 Å². The van der Waals surface area contributed by atoms with E-state index in [1.54, 1.807) is 24.4 Å². The fourth-order valence-corrected chi connectivity index (χ4v) is 7.58. The SMILES string of the molecule is O=C(N/N=C/C12c3ccccc3C(c3ccccc31)[C@@H]1C(=O)N(c3ccc(Br)cc3)C(=O)[C@H]12)c1ccc(Cl)cc1Cl. The van der Waals surface area contributed by atoms with Crippen molar-refractivity contribution in [3.8, 4) is 0 Å². The molecule has 2 atom stereocenters. The van der Waals surface area contributed by atoms with E-state index in [2.05, 4.69) is 26.5 Å². The van der Waals surface area contributed by atoms with Crippen molar-refractivity contribution in [3.05, 3.63) is 133 Å². The Balaban J connectivity index is 1.39. The summed E-state index contributed by atoms with van der Waals surface area (Å²) in [5.74, 6) is -2.74. The van der Waals surface area contributed by atoms with Crippen molar-refractivity contribution in [1.82, 2.24) is 5.43 Å². The zero-order chi connectivity index (χ0) is 28.5. The fraction of sp³-hybridized carbons (Fsp3) is 0.125. The number of nitrogens with one attached hydrogen (secondary N) is 1. The van der Waals surface area contributed by atoms with Crippen LogP contribution in [-0.2, 0) is 15.0 Å². The molecule has 8 rings (SSSR count). The van der Waals surface area contributed by atoms with E-state index in [9.17, 15) is 14.4 Å². The molecule has 9 heteroatoms. The quantitative estimate of drug-likeness (QED) is 0.152.